The molecule has 2 saturated carbocycles. The summed E-state index contributed by atoms with van der Waals surface area (Å²) in [4.78, 5) is 4.37. The number of aryl methyl sites for hydroxylation is 1. The fourth-order valence-electron chi connectivity index (χ4n) is 13.3. The molecule has 6 aromatic rings. The summed E-state index contributed by atoms with van der Waals surface area (Å²) in [5.41, 5.74) is 10.1. The number of hydrogen-bond donors (Lipinski definition) is 0. The quantitative estimate of drug-likeness (QED) is 0.0849. The first-order valence-corrected chi connectivity index (χ1v) is 33.9. The van der Waals surface area contributed by atoms with E-state index in [9.17, 15) is 0 Å². The second-order valence-corrected chi connectivity index (χ2v) is 37.5. The molecule has 0 unspecified atom stereocenters. The maximum atomic E-state index is 2.79. The molecule has 0 aliphatic heterocycles. The summed E-state index contributed by atoms with van der Waals surface area (Å²) in [7, 11) is 0. The Kier molecular flexibility index (Phi) is 11.8. The van der Waals surface area contributed by atoms with Crippen LogP contribution in [0, 0.1) is 17.8 Å². The van der Waals surface area contributed by atoms with Crippen LogP contribution < -0.4 is 2.89 Å². The fourth-order valence-corrected chi connectivity index (χ4v) is 37.5. The number of unbranched alkanes of at least 4 members (excludes halogenated alkanes) is 3. The molecule has 2 bridgehead atoms. The van der Waals surface area contributed by atoms with E-state index in [1.807, 2.05) is 25.6 Å². The number of benzene rings is 2. The first-order chi connectivity index (χ1) is 27.8. The van der Waals surface area contributed by atoms with Gasteiger partial charge in [-0.2, -0.15) is 0 Å². The fraction of sp³-hybridized carbons (Fsp3) is 0.538. The van der Waals surface area contributed by atoms with E-state index in [4.69, 9.17) is 0 Å². The number of fused-ring (bicyclic) bond motifs is 5. The van der Waals surface area contributed by atoms with Gasteiger partial charge in [-0.1, -0.05) is 13.8 Å². The third-order valence-electron chi connectivity index (χ3n) is 15.5. The van der Waals surface area contributed by atoms with Crippen LogP contribution in [0.2, 0.25) is 13.3 Å². The van der Waals surface area contributed by atoms with Gasteiger partial charge in [-0.15, -0.1) is 22.7 Å². The minimum absolute atomic E-state index is 0.0676. The second kappa shape index (κ2) is 16.4. The molecular weight excluding hydrogens is 872 g/mol. The Hall–Kier alpha value is -1.44. The molecule has 0 nitrogen and oxygen atoms in total. The summed E-state index contributed by atoms with van der Waals surface area (Å²) in [5.74, 6) is 0. The molecule has 57 heavy (non-hydrogen) atoms. The number of hydrogen-bond acceptors (Lipinski definition) is 4. The third kappa shape index (κ3) is 6.56. The van der Waals surface area contributed by atoms with E-state index in [0.29, 0.717) is 10.8 Å². The van der Waals surface area contributed by atoms with Crippen molar-refractivity contribution in [1.29, 1.82) is 0 Å². The summed E-state index contributed by atoms with van der Waals surface area (Å²) in [6.07, 6.45) is 21.9. The molecule has 4 heterocycles. The van der Waals surface area contributed by atoms with Crippen molar-refractivity contribution in [2.45, 2.75) is 163 Å². The predicted octanol–water partition coefficient (Wildman–Crippen LogP) is 18.1. The normalized spacial score (nSPS) is 22.9. The van der Waals surface area contributed by atoms with Gasteiger partial charge < -0.3 is 0 Å². The van der Waals surface area contributed by atoms with Crippen LogP contribution >= 0.6 is 45.3 Å². The van der Waals surface area contributed by atoms with Crippen molar-refractivity contribution in [2.75, 3.05) is 0 Å². The molecule has 0 N–H and O–H groups in total. The summed E-state index contributed by atoms with van der Waals surface area (Å²) in [6.45, 7) is 14.5. The Morgan fingerprint density at radius 1 is 0.509 bits per heavy atom. The van der Waals surface area contributed by atoms with E-state index in [1.165, 1.54) is 138 Å². The molecule has 302 valence electrons. The van der Waals surface area contributed by atoms with Gasteiger partial charge in [0.05, 0.1) is 0 Å². The van der Waals surface area contributed by atoms with Gasteiger partial charge in [0.1, 0.15) is 0 Å². The van der Waals surface area contributed by atoms with Crippen LogP contribution in [0.1, 0.15) is 153 Å². The molecule has 2 aromatic carbocycles. The van der Waals surface area contributed by atoms with Gasteiger partial charge in [-0.3, -0.25) is 0 Å². The molecule has 5 heteroatoms. The first-order valence-electron chi connectivity index (χ1n) is 23.1. The van der Waals surface area contributed by atoms with Crippen molar-refractivity contribution in [3.63, 3.8) is 0 Å². The molecule has 9 rings (SSSR count). The number of rotatable bonds is 16. The van der Waals surface area contributed by atoms with E-state index >= 15 is 0 Å². The van der Waals surface area contributed by atoms with Crippen LogP contribution in [0.15, 0.2) is 60.7 Å². The topological polar surface area (TPSA) is 0 Å². The van der Waals surface area contributed by atoms with Crippen molar-refractivity contribution in [3.05, 3.63) is 76.7 Å². The predicted molar refractivity (Wildman–Crippen MR) is 262 cm³/mol. The standard InChI is InChI=1S/C40H39S4.3C4H9.Sn/c1-4-13-38-15-6-17-39(14-5-2,18-7-16-38)40(38)30-21-26(33-23-35-32(43-33)12-19-41-35)8-10-28(30)29-11-9-27(22-31(29)40)34-24-37-36(44-34)20-25(3)42-37;3*1-3-4-2;/h8-12,20-24H,4-7,13-18H2,1-3H3;3*1,3-4H2,2H3;. The third-order valence-corrected chi connectivity index (χ3v) is 38.3. The molecule has 3 aliphatic carbocycles. The zero-order valence-electron chi connectivity index (χ0n) is 35.8. The Bertz CT molecular complexity index is 2230. The van der Waals surface area contributed by atoms with Crippen molar-refractivity contribution >= 4 is 85.4 Å². The van der Waals surface area contributed by atoms with Gasteiger partial charge in [0.25, 0.3) is 0 Å². The van der Waals surface area contributed by atoms with Crippen LogP contribution in [0.5, 0.6) is 0 Å². The molecule has 4 aromatic heterocycles. The molecular formula is C52H66S4Sn. The van der Waals surface area contributed by atoms with E-state index < -0.39 is 18.4 Å². The molecule has 2 fully saturated rings. The van der Waals surface area contributed by atoms with E-state index in [1.54, 1.807) is 45.0 Å². The van der Waals surface area contributed by atoms with Gasteiger partial charge in [0.2, 0.25) is 0 Å². The first kappa shape index (κ1) is 40.9. The summed E-state index contributed by atoms with van der Waals surface area (Å²) in [6, 6.07) is 26.0. The van der Waals surface area contributed by atoms with Crippen LogP contribution in [-0.2, 0) is 5.41 Å². The van der Waals surface area contributed by atoms with Crippen molar-refractivity contribution in [3.8, 4) is 32.0 Å². The van der Waals surface area contributed by atoms with Gasteiger partial charge >= 0.3 is 293 Å². The van der Waals surface area contributed by atoms with Gasteiger partial charge in [-0.05, 0) is 19.1 Å². The van der Waals surface area contributed by atoms with Gasteiger partial charge in [0, 0.05) is 19.2 Å². The molecule has 0 amide bonds. The van der Waals surface area contributed by atoms with Crippen molar-refractivity contribution < 1.29 is 0 Å². The van der Waals surface area contributed by atoms with Crippen LogP contribution in [-0.4, -0.2) is 18.4 Å². The molecule has 3 aliphatic rings. The van der Waals surface area contributed by atoms with E-state index in [-0.39, 0.29) is 5.41 Å². The Balaban J connectivity index is 1.20. The van der Waals surface area contributed by atoms with Crippen LogP contribution in [0.25, 0.3) is 50.8 Å². The Morgan fingerprint density at radius 3 is 1.40 bits per heavy atom. The molecule has 0 atom stereocenters. The van der Waals surface area contributed by atoms with E-state index in [0.717, 1.165) is 0 Å². The Labute approximate surface area is 364 Å². The average molecular weight is 938 g/mol. The van der Waals surface area contributed by atoms with Crippen LogP contribution in [0.4, 0.5) is 0 Å². The number of thiophene rings is 4. The summed E-state index contributed by atoms with van der Waals surface area (Å²) in [5, 5.41) is 0. The monoisotopic (exact) mass is 938 g/mol. The van der Waals surface area contributed by atoms with Crippen molar-refractivity contribution in [2.24, 2.45) is 10.8 Å². The Morgan fingerprint density at radius 2 is 0.965 bits per heavy atom. The molecule has 0 saturated heterocycles. The summed E-state index contributed by atoms with van der Waals surface area (Å²) >= 11 is 5.85. The average Bonchev–Trinajstić information content (AvgIpc) is 4.02. The maximum absolute atomic E-state index is 2.79. The molecule has 1 spiro atoms. The van der Waals surface area contributed by atoms with Gasteiger partial charge in [0.15, 0.2) is 0 Å². The SMILES string of the molecule is CCC[CH2][Sn]([CH2]CCC)([CH2]CCC)[c]1cc2sc(-c3ccc4c(c3)C3(c5cc(-c6cc7sc(C)cc7s6)ccc5-4)C4(CCC)CCCC3(CCC)CCC4)cc2s1. The zero-order chi connectivity index (χ0) is 39.4. The second-order valence-electron chi connectivity index (χ2n) is 18.8. The zero-order valence-corrected chi connectivity index (χ0v) is 42.0. The van der Waals surface area contributed by atoms with Crippen LogP contribution in [0.3, 0.4) is 0 Å². The minimum atomic E-state index is -2.47. The van der Waals surface area contributed by atoms with E-state index in [2.05, 4.69) is 125 Å². The van der Waals surface area contributed by atoms with Crippen molar-refractivity contribution in [1.82, 2.24) is 0 Å². The summed E-state index contributed by atoms with van der Waals surface area (Å²) < 4.78 is 12.6. The van der Waals surface area contributed by atoms with Gasteiger partial charge in [-0.25, -0.2) is 0 Å². The molecule has 0 radical (unpaired) electrons.